The molecular formula is C14H17N3O3. The maximum absolute atomic E-state index is 12.2. The Morgan fingerprint density at radius 2 is 2.35 bits per heavy atom. The van der Waals surface area contributed by atoms with Crippen LogP contribution in [0.15, 0.2) is 16.7 Å². The molecule has 2 aromatic rings. The Morgan fingerprint density at radius 1 is 1.50 bits per heavy atom. The summed E-state index contributed by atoms with van der Waals surface area (Å²) < 4.78 is 12.6. The van der Waals surface area contributed by atoms with E-state index in [0.717, 1.165) is 22.7 Å². The van der Waals surface area contributed by atoms with E-state index in [-0.39, 0.29) is 5.91 Å². The fourth-order valence-electron chi connectivity index (χ4n) is 2.30. The van der Waals surface area contributed by atoms with E-state index in [1.807, 2.05) is 30.7 Å². The van der Waals surface area contributed by atoms with Crippen LogP contribution in [0.3, 0.4) is 0 Å². The number of carbonyl (C=O) groups excluding carboxylic acids is 1. The van der Waals surface area contributed by atoms with E-state index < -0.39 is 0 Å². The number of fused-ring (bicyclic) bond motifs is 1. The highest BCUT2D eigenvalue weighted by atomic mass is 16.5. The summed E-state index contributed by atoms with van der Waals surface area (Å²) in [6, 6.07) is 4.02. The predicted octanol–water partition coefficient (Wildman–Crippen LogP) is 1.32. The minimum Gasteiger partial charge on any atom is -0.376 e. The third kappa shape index (κ3) is 2.22. The molecule has 106 valence electrons. The summed E-state index contributed by atoms with van der Waals surface area (Å²) in [7, 11) is 1.97. The van der Waals surface area contributed by atoms with E-state index in [0.29, 0.717) is 31.9 Å². The van der Waals surface area contributed by atoms with Gasteiger partial charge in [0.25, 0.3) is 5.91 Å². The summed E-state index contributed by atoms with van der Waals surface area (Å²) in [5, 5.41) is 6.73. The van der Waals surface area contributed by atoms with Crippen LogP contribution in [0.1, 0.15) is 33.2 Å². The smallest absolute Gasteiger partial charge is 0.274 e. The molecule has 1 aliphatic rings. The summed E-state index contributed by atoms with van der Waals surface area (Å²) in [6.07, 6.45) is 0.673. The second-order valence-electron chi connectivity index (χ2n) is 4.94. The van der Waals surface area contributed by atoms with E-state index >= 15 is 0 Å². The molecule has 0 unspecified atom stereocenters. The van der Waals surface area contributed by atoms with Crippen LogP contribution in [0.2, 0.25) is 0 Å². The zero-order valence-corrected chi connectivity index (χ0v) is 11.6. The number of hydrogen-bond donors (Lipinski definition) is 1. The number of amides is 1. The SMILES string of the molecule is Cc1ccc(CNC(=O)c2noc3c2COCC3)n1C. The number of aromatic nitrogens is 2. The van der Waals surface area contributed by atoms with Crippen molar-refractivity contribution < 1.29 is 14.1 Å². The number of nitrogens with one attached hydrogen (secondary N) is 1. The van der Waals surface area contributed by atoms with Gasteiger partial charge >= 0.3 is 0 Å². The zero-order valence-electron chi connectivity index (χ0n) is 11.6. The molecule has 0 aliphatic carbocycles. The maximum atomic E-state index is 12.2. The van der Waals surface area contributed by atoms with Crippen molar-refractivity contribution in [1.82, 2.24) is 15.0 Å². The molecule has 1 N–H and O–H groups in total. The first kappa shape index (κ1) is 12.9. The lowest BCUT2D eigenvalue weighted by Crippen LogP contribution is -2.26. The van der Waals surface area contributed by atoms with Gasteiger partial charge in [-0.2, -0.15) is 0 Å². The Balaban J connectivity index is 1.71. The Labute approximate surface area is 116 Å². The molecule has 0 bridgehead atoms. The van der Waals surface area contributed by atoms with Crippen molar-refractivity contribution in [2.75, 3.05) is 6.61 Å². The van der Waals surface area contributed by atoms with Gasteiger partial charge in [0.05, 0.1) is 25.3 Å². The largest absolute Gasteiger partial charge is 0.376 e. The lowest BCUT2D eigenvalue weighted by molar-refractivity contribution is 0.0920. The summed E-state index contributed by atoms with van der Waals surface area (Å²) in [6.45, 7) is 3.50. The molecule has 0 radical (unpaired) electrons. The third-order valence-corrected chi connectivity index (χ3v) is 3.71. The third-order valence-electron chi connectivity index (χ3n) is 3.71. The van der Waals surface area contributed by atoms with Gasteiger partial charge in [-0.15, -0.1) is 0 Å². The van der Waals surface area contributed by atoms with Crippen LogP contribution in [0.25, 0.3) is 0 Å². The second-order valence-corrected chi connectivity index (χ2v) is 4.94. The Bertz CT molecular complexity index is 642. The molecular weight excluding hydrogens is 258 g/mol. The van der Waals surface area contributed by atoms with Gasteiger partial charge < -0.3 is 19.1 Å². The number of hydrogen-bond acceptors (Lipinski definition) is 4. The summed E-state index contributed by atoms with van der Waals surface area (Å²) in [5.74, 6) is 0.537. The minimum absolute atomic E-state index is 0.223. The second kappa shape index (κ2) is 5.13. The first-order valence-electron chi connectivity index (χ1n) is 6.61. The average Bonchev–Trinajstić information content (AvgIpc) is 3.02. The Hall–Kier alpha value is -2.08. The van der Waals surface area contributed by atoms with Crippen LogP contribution >= 0.6 is 0 Å². The quantitative estimate of drug-likeness (QED) is 0.917. The van der Waals surface area contributed by atoms with Gasteiger partial charge in [0.2, 0.25) is 0 Å². The van der Waals surface area contributed by atoms with Gasteiger partial charge in [-0.3, -0.25) is 4.79 Å². The molecule has 6 heteroatoms. The van der Waals surface area contributed by atoms with Crippen LogP contribution in [0.5, 0.6) is 0 Å². The van der Waals surface area contributed by atoms with Gasteiger partial charge in [-0.25, -0.2) is 0 Å². The minimum atomic E-state index is -0.223. The first-order chi connectivity index (χ1) is 9.66. The fourth-order valence-corrected chi connectivity index (χ4v) is 2.30. The van der Waals surface area contributed by atoms with Crippen molar-refractivity contribution in [3.05, 3.63) is 40.5 Å². The highest BCUT2D eigenvalue weighted by Gasteiger charge is 2.24. The number of rotatable bonds is 3. The molecule has 0 spiro atoms. The highest BCUT2D eigenvalue weighted by molar-refractivity contribution is 5.93. The zero-order chi connectivity index (χ0) is 14.1. The van der Waals surface area contributed by atoms with Gasteiger partial charge in [-0.05, 0) is 19.1 Å². The van der Waals surface area contributed by atoms with Gasteiger partial charge in [0, 0.05) is 24.9 Å². The van der Waals surface area contributed by atoms with Crippen LogP contribution < -0.4 is 5.32 Å². The van der Waals surface area contributed by atoms with Crippen molar-refractivity contribution in [2.45, 2.75) is 26.5 Å². The van der Waals surface area contributed by atoms with Crippen LogP contribution in [-0.2, 0) is 31.4 Å². The molecule has 3 rings (SSSR count). The van der Waals surface area contributed by atoms with Crippen LogP contribution in [0, 0.1) is 6.92 Å². The number of ether oxygens (including phenoxy) is 1. The number of aryl methyl sites for hydroxylation is 1. The molecule has 1 aliphatic heterocycles. The van der Waals surface area contributed by atoms with E-state index in [9.17, 15) is 4.79 Å². The predicted molar refractivity (Wildman–Crippen MR) is 71.2 cm³/mol. The van der Waals surface area contributed by atoms with Crippen molar-refractivity contribution in [3.8, 4) is 0 Å². The number of carbonyl (C=O) groups is 1. The molecule has 0 saturated carbocycles. The van der Waals surface area contributed by atoms with E-state index in [1.54, 1.807) is 0 Å². The van der Waals surface area contributed by atoms with E-state index in [1.165, 1.54) is 0 Å². The molecule has 20 heavy (non-hydrogen) atoms. The van der Waals surface area contributed by atoms with Gasteiger partial charge in [-0.1, -0.05) is 5.16 Å². The average molecular weight is 275 g/mol. The fraction of sp³-hybridized carbons (Fsp3) is 0.429. The lowest BCUT2D eigenvalue weighted by Gasteiger charge is -2.11. The first-order valence-corrected chi connectivity index (χ1v) is 6.61. The Kier molecular flexibility index (Phi) is 3.31. The normalized spacial score (nSPS) is 14.1. The van der Waals surface area contributed by atoms with E-state index in [4.69, 9.17) is 9.26 Å². The molecule has 3 heterocycles. The molecule has 1 amide bonds. The molecule has 0 fully saturated rings. The topological polar surface area (TPSA) is 69.3 Å². The number of nitrogens with zero attached hydrogens (tertiary/aromatic N) is 2. The van der Waals surface area contributed by atoms with Crippen molar-refractivity contribution >= 4 is 5.91 Å². The van der Waals surface area contributed by atoms with Crippen molar-refractivity contribution in [1.29, 1.82) is 0 Å². The summed E-state index contributed by atoms with van der Waals surface area (Å²) in [4.78, 5) is 12.2. The van der Waals surface area contributed by atoms with E-state index in [2.05, 4.69) is 10.5 Å². The monoisotopic (exact) mass is 275 g/mol. The summed E-state index contributed by atoms with van der Waals surface area (Å²) in [5.41, 5.74) is 3.31. The van der Waals surface area contributed by atoms with Gasteiger partial charge in [0.1, 0.15) is 5.76 Å². The molecule has 0 aromatic carbocycles. The lowest BCUT2D eigenvalue weighted by atomic mass is 10.1. The van der Waals surface area contributed by atoms with Crippen molar-refractivity contribution in [2.24, 2.45) is 7.05 Å². The molecule has 2 aromatic heterocycles. The highest BCUT2D eigenvalue weighted by Crippen LogP contribution is 2.20. The maximum Gasteiger partial charge on any atom is 0.274 e. The van der Waals surface area contributed by atoms with Gasteiger partial charge in [0.15, 0.2) is 5.69 Å². The van der Waals surface area contributed by atoms with Crippen LogP contribution in [-0.4, -0.2) is 22.2 Å². The van der Waals surface area contributed by atoms with Crippen LogP contribution in [0.4, 0.5) is 0 Å². The molecule has 6 nitrogen and oxygen atoms in total. The molecule has 0 atom stereocenters. The Morgan fingerprint density at radius 3 is 3.10 bits per heavy atom. The summed E-state index contributed by atoms with van der Waals surface area (Å²) >= 11 is 0. The molecule has 0 saturated heterocycles. The van der Waals surface area contributed by atoms with Crippen molar-refractivity contribution in [3.63, 3.8) is 0 Å². The standard InChI is InChI=1S/C14H17N3O3/c1-9-3-4-10(17(9)2)7-15-14(18)13-11-8-19-6-5-12(11)20-16-13/h3-4H,5-8H2,1-2H3,(H,15,18).